The number of ether oxygens (including phenoxy) is 1. The van der Waals surface area contributed by atoms with E-state index in [-0.39, 0.29) is 22.6 Å². The predicted molar refractivity (Wildman–Crippen MR) is 81.8 cm³/mol. The summed E-state index contributed by atoms with van der Waals surface area (Å²) in [5.41, 5.74) is 0.863. The number of nitrogens with zero attached hydrogens (tertiary/aromatic N) is 2. The second-order valence-electron chi connectivity index (χ2n) is 6.16. The molecule has 0 atom stereocenters. The number of hydrogen-bond acceptors (Lipinski definition) is 4. The van der Waals surface area contributed by atoms with E-state index in [2.05, 4.69) is 23.0 Å². The molecule has 0 aromatic carbocycles. The molecule has 2 aliphatic heterocycles. The van der Waals surface area contributed by atoms with Crippen molar-refractivity contribution in [3.05, 3.63) is 39.6 Å². The average Bonchev–Trinajstić information content (AvgIpc) is 2.47. The maximum atomic E-state index is 12.5. The van der Waals surface area contributed by atoms with Gasteiger partial charge in [0.2, 0.25) is 0 Å². The molecular weight excluding hydrogens is 282 g/mol. The van der Waals surface area contributed by atoms with E-state index in [1.54, 1.807) is 11.8 Å². The number of likely N-dealkylation sites (tertiary alicyclic amines) is 1. The highest BCUT2D eigenvalue weighted by atomic mass is 16.5. The molecule has 2 aliphatic rings. The van der Waals surface area contributed by atoms with Crippen LogP contribution in [0.5, 0.6) is 0 Å². The highest BCUT2D eigenvalue weighted by Gasteiger charge is 2.37. The number of amides is 1. The van der Waals surface area contributed by atoms with Gasteiger partial charge in [-0.25, -0.2) is 4.98 Å². The molecule has 0 unspecified atom stereocenters. The van der Waals surface area contributed by atoms with Crippen LogP contribution in [0.2, 0.25) is 0 Å². The zero-order chi connectivity index (χ0) is 15.7. The van der Waals surface area contributed by atoms with Crippen molar-refractivity contribution in [2.75, 3.05) is 19.7 Å². The molecule has 22 heavy (non-hydrogen) atoms. The Bertz CT molecular complexity index is 669. The van der Waals surface area contributed by atoms with E-state index in [1.807, 2.05) is 0 Å². The summed E-state index contributed by atoms with van der Waals surface area (Å²) < 4.78 is 5.96. The molecule has 6 heteroatoms. The van der Waals surface area contributed by atoms with Crippen molar-refractivity contribution in [3.63, 3.8) is 0 Å². The summed E-state index contributed by atoms with van der Waals surface area (Å²) in [6.45, 7) is 5.75. The van der Waals surface area contributed by atoms with Crippen LogP contribution in [-0.4, -0.2) is 46.1 Å². The Morgan fingerprint density at radius 1 is 1.36 bits per heavy atom. The van der Waals surface area contributed by atoms with Gasteiger partial charge in [-0.15, -0.1) is 0 Å². The van der Waals surface area contributed by atoms with Gasteiger partial charge in [0.25, 0.3) is 11.5 Å². The van der Waals surface area contributed by atoms with Crippen LogP contribution in [0.25, 0.3) is 0 Å². The van der Waals surface area contributed by atoms with Crippen LogP contribution >= 0.6 is 0 Å². The molecule has 6 nitrogen and oxygen atoms in total. The fourth-order valence-corrected chi connectivity index (χ4v) is 3.16. The lowest BCUT2D eigenvalue weighted by atomic mass is 9.87. The van der Waals surface area contributed by atoms with E-state index in [1.165, 1.54) is 11.8 Å². The summed E-state index contributed by atoms with van der Waals surface area (Å²) in [7, 11) is 0. The van der Waals surface area contributed by atoms with Gasteiger partial charge in [0.1, 0.15) is 11.4 Å². The molecule has 1 spiro atoms. The van der Waals surface area contributed by atoms with E-state index >= 15 is 0 Å². The van der Waals surface area contributed by atoms with Crippen LogP contribution in [0.3, 0.4) is 0 Å². The Morgan fingerprint density at radius 3 is 2.73 bits per heavy atom. The molecule has 3 heterocycles. The van der Waals surface area contributed by atoms with Crippen LogP contribution in [0.4, 0.5) is 0 Å². The Balaban J connectivity index is 1.72. The number of carbonyl (C=O) groups excluding carboxylic acids is 1. The number of hydrogen-bond donors (Lipinski definition) is 1. The fraction of sp³-hybridized carbons (Fsp3) is 0.562. The minimum atomic E-state index is -0.373. The Kier molecular flexibility index (Phi) is 3.87. The molecule has 1 aromatic rings. The Labute approximate surface area is 129 Å². The smallest absolute Gasteiger partial charge is 0.263 e. The molecule has 1 aromatic heterocycles. The van der Waals surface area contributed by atoms with Crippen molar-refractivity contribution in [2.45, 2.75) is 38.7 Å². The maximum absolute atomic E-state index is 12.5. The first-order chi connectivity index (χ1) is 10.5. The molecule has 0 saturated carbocycles. The minimum Gasteiger partial charge on any atom is -0.370 e. The third-order valence-corrected chi connectivity index (χ3v) is 4.45. The fourth-order valence-electron chi connectivity index (χ4n) is 3.16. The van der Waals surface area contributed by atoms with Crippen LogP contribution in [0.15, 0.2) is 22.6 Å². The van der Waals surface area contributed by atoms with E-state index in [0.29, 0.717) is 18.9 Å². The number of H-pyrrole nitrogens is 1. The molecule has 1 N–H and O–H groups in total. The number of nitrogens with one attached hydrogen (secondary N) is 1. The van der Waals surface area contributed by atoms with Gasteiger partial charge in [-0.05, 0) is 33.1 Å². The van der Waals surface area contributed by atoms with E-state index < -0.39 is 0 Å². The quantitative estimate of drug-likeness (QED) is 0.796. The van der Waals surface area contributed by atoms with E-state index in [4.69, 9.17) is 4.74 Å². The molecule has 118 valence electrons. The zero-order valence-electron chi connectivity index (χ0n) is 13.0. The monoisotopic (exact) mass is 303 g/mol. The van der Waals surface area contributed by atoms with Gasteiger partial charge < -0.3 is 14.6 Å². The van der Waals surface area contributed by atoms with Crippen LogP contribution in [-0.2, 0) is 4.74 Å². The molecule has 1 saturated heterocycles. The van der Waals surface area contributed by atoms with Gasteiger partial charge in [0.05, 0.1) is 12.2 Å². The second kappa shape index (κ2) is 5.68. The van der Waals surface area contributed by atoms with Gasteiger partial charge in [0, 0.05) is 19.3 Å². The molecule has 0 radical (unpaired) electrons. The van der Waals surface area contributed by atoms with E-state index in [0.717, 1.165) is 25.9 Å². The lowest BCUT2D eigenvalue weighted by Crippen LogP contribution is -2.49. The van der Waals surface area contributed by atoms with Crippen molar-refractivity contribution in [2.24, 2.45) is 0 Å². The molecule has 0 aliphatic carbocycles. The highest BCUT2D eigenvalue weighted by molar-refractivity contribution is 5.93. The Morgan fingerprint density at radius 2 is 2.09 bits per heavy atom. The van der Waals surface area contributed by atoms with Crippen LogP contribution in [0, 0.1) is 6.92 Å². The molecule has 1 amide bonds. The molecule has 1 fully saturated rings. The van der Waals surface area contributed by atoms with Gasteiger partial charge in [-0.2, -0.15) is 0 Å². The number of piperidine rings is 1. The van der Waals surface area contributed by atoms with Crippen molar-refractivity contribution in [3.8, 4) is 0 Å². The number of aryl methyl sites for hydroxylation is 1. The summed E-state index contributed by atoms with van der Waals surface area (Å²) in [5.74, 6) is 0.260. The third kappa shape index (κ3) is 2.83. The lowest BCUT2D eigenvalue weighted by Gasteiger charge is -2.42. The topological polar surface area (TPSA) is 75.3 Å². The van der Waals surface area contributed by atoms with Crippen LogP contribution in [0.1, 0.15) is 42.4 Å². The first kappa shape index (κ1) is 15.0. The molecule has 0 bridgehead atoms. The third-order valence-electron chi connectivity index (χ3n) is 4.45. The van der Waals surface area contributed by atoms with Gasteiger partial charge in [-0.3, -0.25) is 9.59 Å². The van der Waals surface area contributed by atoms with Gasteiger partial charge in [-0.1, -0.05) is 11.6 Å². The standard InChI is InChI=1S/C16H21N3O3/c1-11-3-8-22-16(9-11)4-6-19(7-5-16)15(21)13-10-17-12(2)18-14(13)20/h9-10H,3-8H2,1-2H3,(H,17,18,20). The minimum absolute atomic E-state index is 0.109. The summed E-state index contributed by atoms with van der Waals surface area (Å²) in [6.07, 6.45) is 6.09. The first-order valence-electron chi connectivity index (χ1n) is 7.67. The summed E-state index contributed by atoms with van der Waals surface area (Å²) in [6, 6.07) is 0. The summed E-state index contributed by atoms with van der Waals surface area (Å²) >= 11 is 0. The first-order valence-corrected chi connectivity index (χ1v) is 7.67. The zero-order valence-corrected chi connectivity index (χ0v) is 13.0. The average molecular weight is 303 g/mol. The van der Waals surface area contributed by atoms with Crippen molar-refractivity contribution < 1.29 is 9.53 Å². The Hall–Kier alpha value is -1.95. The lowest BCUT2D eigenvalue weighted by molar-refractivity contribution is -0.0522. The van der Waals surface area contributed by atoms with Crippen molar-refractivity contribution in [1.82, 2.24) is 14.9 Å². The predicted octanol–water partition coefficient (Wildman–Crippen LogP) is 1.42. The number of rotatable bonds is 1. The maximum Gasteiger partial charge on any atom is 0.263 e. The number of aromatic amines is 1. The number of carbonyl (C=O) groups is 1. The van der Waals surface area contributed by atoms with Crippen molar-refractivity contribution >= 4 is 5.91 Å². The van der Waals surface area contributed by atoms with Crippen LogP contribution < -0.4 is 5.56 Å². The summed E-state index contributed by atoms with van der Waals surface area (Å²) in [5, 5.41) is 0. The molecule has 3 rings (SSSR count). The highest BCUT2D eigenvalue weighted by Crippen LogP contribution is 2.33. The second-order valence-corrected chi connectivity index (χ2v) is 6.16. The summed E-state index contributed by atoms with van der Waals surface area (Å²) in [4.78, 5) is 32.7. The SMILES string of the molecule is CC1=CC2(CCN(C(=O)c3cnc(C)[nH]c3=O)CC2)OCC1. The van der Waals surface area contributed by atoms with Gasteiger partial charge >= 0.3 is 0 Å². The van der Waals surface area contributed by atoms with Gasteiger partial charge in [0.15, 0.2) is 0 Å². The number of aromatic nitrogens is 2. The normalized spacial score (nSPS) is 20.8. The van der Waals surface area contributed by atoms with Crippen molar-refractivity contribution in [1.29, 1.82) is 0 Å². The van der Waals surface area contributed by atoms with E-state index in [9.17, 15) is 9.59 Å². The molecular formula is C16H21N3O3. The largest absolute Gasteiger partial charge is 0.370 e.